The Morgan fingerprint density at radius 3 is 2.81 bits per heavy atom. The number of nitrogens with zero attached hydrogens (tertiary/aromatic N) is 4. The maximum Gasteiger partial charge on any atom is 0.182 e. The summed E-state index contributed by atoms with van der Waals surface area (Å²) in [5, 5.41) is 0.939. The number of thioether (sulfide) groups is 1. The quantitative estimate of drug-likeness (QED) is 0.452. The Hall–Kier alpha value is -1.23. The first-order valence-electron chi connectivity index (χ1n) is 5.46. The van der Waals surface area contributed by atoms with Gasteiger partial charge in [0.25, 0.3) is 0 Å². The molecule has 2 rings (SSSR count). The van der Waals surface area contributed by atoms with Gasteiger partial charge in [0.1, 0.15) is 16.9 Å². The third kappa shape index (κ3) is 2.66. The Morgan fingerprint density at radius 2 is 1.94 bits per heavy atom. The Kier molecular flexibility index (Phi) is 4.04. The molecule has 2 aromatic heterocycles. The van der Waals surface area contributed by atoms with Crippen LogP contribution in [0.2, 0.25) is 0 Å². The summed E-state index contributed by atoms with van der Waals surface area (Å²) in [7, 11) is 0. The first kappa shape index (κ1) is 11.3. The van der Waals surface area contributed by atoms with E-state index in [1.165, 1.54) is 19.3 Å². The summed E-state index contributed by atoms with van der Waals surface area (Å²) in [6.07, 6.45) is 8.61. The van der Waals surface area contributed by atoms with Crippen LogP contribution in [0.25, 0.3) is 11.2 Å². The van der Waals surface area contributed by atoms with Crippen molar-refractivity contribution >= 4 is 22.9 Å². The molecule has 2 heterocycles. The highest BCUT2D eigenvalue weighted by Crippen LogP contribution is 2.22. The molecular formula is C11H14N4S. The van der Waals surface area contributed by atoms with Gasteiger partial charge in [0, 0.05) is 12.4 Å². The summed E-state index contributed by atoms with van der Waals surface area (Å²) in [5.74, 6) is 1.08. The lowest BCUT2D eigenvalue weighted by atomic mass is 10.3. The molecule has 0 aliphatic heterocycles. The lowest BCUT2D eigenvalue weighted by Crippen LogP contribution is -1.92. The molecule has 84 valence electrons. The second kappa shape index (κ2) is 5.75. The van der Waals surface area contributed by atoms with Crippen molar-refractivity contribution in [1.29, 1.82) is 0 Å². The third-order valence-corrected chi connectivity index (χ3v) is 3.29. The molecule has 0 saturated heterocycles. The Labute approximate surface area is 98.9 Å². The standard InChI is InChI=1S/C11H14N4S/c1-2-3-4-7-16-11-9-10(14-8-15-11)13-6-5-12-9/h5-6,8H,2-4,7H2,1H3. The molecule has 0 spiro atoms. The second-order valence-corrected chi connectivity index (χ2v) is 4.55. The van der Waals surface area contributed by atoms with Gasteiger partial charge in [-0.3, -0.25) is 0 Å². The first-order valence-corrected chi connectivity index (χ1v) is 6.45. The summed E-state index contributed by atoms with van der Waals surface area (Å²) in [6.45, 7) is 2.20. The van der Waals surface area contributed by atoms with Gasteiger partial charge in [0.15, 0.2) is 5.65 Å². The summed E-state index contributed by atoms with van der Waals surface area (Å²) < 4.78 is 0. The van der Waals surface area contributed by atoms with Crippen molar-refractivity contribution in [3.63, 3.8) is 0 Å². The number of rotatable bonds is 5. The van der Waals surface area contributed by atoms with Crippen LogP contribution >= 0.6 is 11.8 Å². The van der Waals surface area contributed by atoms with Crippen molar-refractivity contribution in [2.45, 2.75) is 31.2 Å². The molecule has 0 bridgehead atoms. The summed E-state index contributed by atoms with van der Waals surface area (Å²) >= 11 is 1.74. The van der Waals surface area contributed by atoms with E-state index >= 15 is 0 Å². The molecule has 2 aromatic rings. The van der Waals surface area contributed by atoms with Crippen molar-refractivity contribution < 1.29 is 0 Å². The smallest absolute Gasteiger partial charge is 0.182 e. The van der Waals surface area contributed by atoms with Gasteiger partial charge in [-0.1, -0.05) is 19.8 Å². The van der Waals surface area contributed by atoms with E-state index in [-0.39, 0.29) is 0 Å². The number of hydrogen-bond acceptors (Lipinski definition) is 5. The molecule has 0 aliphatic carbocycles. The number of hydrogen-bond donors (Lipinski definition) is 0. The van der Waals surface area contributed by atoms with E-state index in [9.17, 15) is 0 Å². The number of fused-ring (bicyclic) bond motifs is 1. The molecule has 0 radical (unpaired) electrons. The molecule has 16 heavy (non-hydrogen) atoms. The van der Waals surface area contributed by atoms with Crippen LogP contribution in [-0.2, 0) is 0 Å². The van der Waals surface area contributed by atoms with Crippen LogP contribution in [0.3, 0.4) is 0 Å². The maximum absolute atomic E-state index is 4.27. The van der Waals surface area contributed by atoms with E-state index in [1.807, 2.05) is 0 Å². The van der Waals surface area contributed by atoms with Crippen molar-refractivity contribution in [2.24, 2.45) is 0 Å². The van der Waals surface area contributed by atoms with Crippen LogP contribution in [-0.4, -0.2) is 25.7 Å². The second-order valence-electron chi connectivity index (χ2n) is 3.46. The first-order chi connectivity index (χ1) is 7.92. The molecule has 0 fully saturated rings. The molecule has 0 aromatic carbocycles. The minimum atomic E-state index is 0.676. The average molecular weight is 234 g/mol. The summed E-state index contributed by atoms with van der Waals surface area (Å²) in [4.78, 5) is 16.8. The summed E-state index contributed by atoms with van der Waals surface area (Å²) in [6, 6.07) is 0. The van der Waals surface area contributed by atoms with Crippen molar-refractivity contribution in [3.8, 4) is 0 Å². The van der Waals surface area contributed by atoms with E-state index in [1.54, 1.807) is 30.5 Å². The topological polar surface area (TPSA) is 51.6 Å². The number of unbranched alkanes of at least 4 members (excludes halogenated alkanes) is 2. The molecule has 0 amide bonds. The van der Waals surface area contributed by atoms with Crippen LogP contribution < -0.4 is 0 Å². The van der Waals surface area contributed by atoms with E-state index in [0.29, 0.717) is 5.65 Å². The molecule has 0 unspecified atom stereocenters. The largest absolute Gasteiger partial charge is 0.248 e. The zero-order chi connectivity index (χ0) is 11.2. The van der Waals surface area contributed by atoms with Crippen LogP contribution in [0.15, 0.2) is 23.7 Å². The Balaban J connectivity index is 2.11. The van der Waals surface area contributed by atoms with Crippen LogP contribution in [0.1, 0.15) is 26.2 Å². The fraction of sp³-hybridized carbons (Fsp3) is 0.455. The van der Waals surface area contributed by atoms with Crippen molar-refractivity contribution in [3.05, 3.63) is 18.7 Å². The predicted molar refractivity (Wildman–Crippen MR) is 65.4 cm³/mol. The van der Waals surface area contributed by atoms with Gasteiger partial charge in [0.2, 0.25) is 0 Å². The van der Waals surface area contributed by atoms with Crippen LogP contribution in [0.4, 0.5) is 0 Å². The van der Waals surface area contributed by atoms with Gasteiger partial charge in [-0.05, 0) is 12.2 Å². The normalized spacial score (nSPS) is 10.8. The highest BCUT2D eigenvalue weighted by atomic mass is 32.2. The van der Waals surface area contributed by atoms with E-state index in [2.05, 4.69) is 26.9 Å². The van der Waals surface area contributed by atoms with Gasteiger partial charge in [-0.2, -0.15) is 0 Å². The SMILES string of the molecule is CCCCCSc1ncnc2nccnc12. The van der Waals surface area contributed by atoms with Gasteiger partial charge in [-0.25, -0.2) is 19.9 Å². The monoisotopic (exact) mass is 234 g/mol. The average Bonchev–Trinajstić information content (AvgIpc) is 2.35. The van der Waals surface area contributed by atoms with E-state index in [4.69, 9.17) is 0 Å². The highest BCUT2D eigenvalue weighted by molar-refractivity contribution is 7.99. The molecular weight excluding hydrogens is 220 g/mol. The van der Waals surface area contributed by atoms with Crippen LogP contribution in [0, 0.1) is 0 Å². The summed E-state index contributed by atoms with van der Waals surface area (Å²) in [5.41, 5.74) is 1.49. The zero-order valence-electron chi connectivity index (χ0n) is 9.26. The Morgan fingerprint density at radius 1 is 1.06 bits per heavy atom. The van der Waals surface area contributed by atoms with Crippen molar-refractivity contribution in [2.75, 3.05) is 5.75 Å². The van der Waals surface area contributed by atoms with E-state index < -0.39 is 0 Å². The van der Waals surface area contributed by atoms with Gasteiger partial charge in [-0.15, -0.1) is 11.8 Å². The fourth-order valence-corrected chi connectivity index (χ4v) is 2.34. The molecule has 0 saturated carbocycles. The third-order valence-electron chi connectivity index (χ3n) is 2.22. The van der Waals surface area contributed by atoms with Crippen molar-refractivity contribution in [1.82, 2.24) is 19.9 Å². The molecule has 0 aliphatic rings. The van der Waals surface area contributed by atoms with Gasteiger partial charge in [0.05, 0.1) is 0 Å². The minimum Gasteiger partial charge on any atom is -0.248 e. The lowest BCUT2D eigenvalue weighted by Gasteiger charge is -2.02. The highest BCUT2D eigenvalue weighted by Gasteiger charge is 2.05. The Bertz CT molecular complexity index is 455. The molecule has 0 atom stereocenters. The molecule has 4 nitrogen and oxygen atoms in total. The predicted octanol–water partition coefficient (Wildman–Crippen LogP) is 2.70. The maximum atomic E-state index is 4.27. The lowest BCUT2D eigenvalue weighted by molar-refractivity contribution is 0.778. The fourth-order valence-electron chi connectivity index (χ4n) is 1.40. The minimum absolute atomic E-state index is 0.676. The zero-order valence-corrected chi connectivity index (χ0v) is 10.1. The molecule has 5 heteroatoms. The van der Waals surface area contributed by atoms with Gasteiger partial charge < -0.3 is 0 Å². The van der Waals surface area contributed by atoms with Gasteiger partial charge >= 0.3 is 0 Å². The molecule has 0 N–H and O–H groups in total. The van der Waals surface area contributed by atoms with Crippen LogP contribution in [0.5, 0.6) is 0 Å². The number of aromatic nitrogens is 4. The van der Waals surface area contributed by atoms with E-state index in [0.717, 1.165) is 16.3 Å².